The third kappa shape index (κ3) is 3.14. The quantitative estimate of drug-likeness (QED) is 0.838. The number of carbonyl (C=O) groups is 1. The van der Waals surface area contributed by atoms with Gasteiger partial charge in [0.15, 0.2) is 0 Å². The Morgan fingerprint density at radius 1 is 1.33 bits per heavy atom. The summed E-state index contributed by atoms with van der Waals surface area (Å²) in [5, 5.41) is 5.21. The van der Waals surface area contributed by atoms with E-state index in [4.69, 9.17) is 11.6 Å². The molecule has 1 aliphatic carbocycles. The van der Waals surface area contributed by atoms with Crippen molar-refractivity contribution in [2.24, 2.45) is 0 Å². The third-order valence-electron chi connectivity index (χ3n) is 4.04. The molecule has 1 amide bonds. The standard InChI is InChI=1S/C17H18ClNOS/c18-11-15(12-5-2-1-3-6-12)19-17(20)14-7-4-8-16-13(14)9-10-21-16/h1-3,5-6,9-10,14-15H,4,7-8,11H2,(H,19,20). The molecule has 0 fully saturated rings. The molecule has 3 rings (SSSR count). The molecule has 0 radical (unpaired) electrons. The van der Waals surface area contributed by atoms with Gasteiger partial charge in [-0.2, -0.15) is 0 Å². The maximum Gasteiger partial charge on any atom is 0.228 e. The first-order chi connectivity index (χ1) is 10.3. The third-order valence-corrected chi connectivity index (χ3v) is 5.35. The highest BCUT2D eigenvalue weighted by Gasteiger charge is 2.28. The summed E-state index contributed by atoms with van der Waals surface area (Å²) in [7, 11) is 0. The van der Waals surface area contributed by atoms with Gasteiger partial charge < -0.3 is 5.32 Å². The van der Waals surface area contributed by atoms with Crippen LogP contribution in [0.4, 0.5) is 0 Å². The lowest BCUT2D eigenvalue weighted by Gasteiger charge is -2.25. The van der Waals surface area contributed by atoms with Crippen LogP contribution in [0.5, 0.6) is 0 Å². The molecule has 1 heterocycles. The number of hydrogen-bond acceptors (Lipinski definition) is 2. The van der Waals surface area contributed by atoms with Gasteiger partial charge >= 0.3 is 0 Å². The minimum Gasteiger partial charge on any atom is -0.348 e. The number of carbonyl (C=O) groups excluding carboxylic acids is 1. The topological polar surface area (TPSA) is 29.1 Å². The van der Waals surface area contributed by atoms with Crippen molar-refractivity contribution in [1.82, 2.24) is 5.32 Å². The summed E-state index contributed by atoms with van der Waals surface area (Å²) < 4.78 is 0. The van der Waals surface area contributed by atoms with Crippen molar-refractivity contribution in [1.29, 1.82) is 0 Å². The van der Waals surface area contributed by atoms with Crippen LogP contribution in [-0.4, -0.2) is 11.8 Å². The van der Waals surface area contributed by atoms with Gasteiger partial charge in [0.25, 0.3) is 0 Å². The van der Waals surface area contributed by atoms with Crippen molar-refractivity contribution in [3.05, 3.63) is 57.8 Å². The van der Waals surface area contributed by atoms with E-state index < -0.39 is 0 Å². The molecule has 21 heavy (non-hydrogen) atoms. The fraction of sp³-hybridized carbons (Fsp3) is 0.353. The van der Waals surface area contributed by atoms with Crippen LogP contribution in [0.15, 0.2) is 41.8 Å². The van der Waals surface area contributed by atoms with Crippen molar-refractivity contribution in [3.8, 4) is 0 Å². The lowest BCUT2D eigenvalue weighted by atomic mass is 9.87. The molecule has 2 unspecified atom stereocenters. The summed E-state index contributed by atoms with van der Waals surface area (Å²) in [4.78, 5) is 14.0. The Bertz CT molecular complexity index is 610. The van der Waals surface area contributed by atoms with Gasteiger partial charge in [0.1, 0.15) is 0 Å². The van der Waals surface area contributed by atoms with E-state index in [1.54, 1.807) is 11.3 Å². The van der Waals surface area contributed by atoms with E-state index in [0.717, 1.165) is 24.8 Å². The molecule has 1 N–H and O–H groups in total. The van der Waals surface area contributed by atoms with E-state index >= 15 is 0 Å². The molecular weight excluding hydrogens is 302 g/mol. The number of benzene rings is 1. The number of thiophene rings is 1. The molecule has 4 heteroatoms. The fourth-order valence-corrected chi connectivity index (χ4v) is 4.17. The number of nitrogens with one attached hydrogen (secondary N) is 1. The maximum absolute atomic E-state index is 12.6. The SMILES string of the molecule is O=C(NC(CCl)c1ccccc1)C1CCCc2sccc21. The second kappa shape index (κ2) is 6.63. The van der Waals surface area contributed by atoms with Gasteiger partial charge in [-0.25, -0.2) is 0 Å². The second-order valence-electron chi connectivity index (χ2n) is 5.37. The summed E-state index contributed by atoms with van der Waals surface area (Å²) in [6, 6.07) is 11.9. The number of halogens is 1. The van der Waals surface area contributed by atoms with Crippen LogP contribution in [0.25, 0.3) is 0 Å². The largest absolute Gasteiger partial charge is 0.348 e. The van der Waals surface area contributed by atoms with Crippen LogP contribution >= 0.6 is 22.9 Å². The van der Waals surface area contributed by atoms with Crippen LogP contribution in [0.3, 0.4) is 0 Å². The van der Waals surface area contributed by atoms with Crippen LogP contribution in [0.2, 0.25) is 0 Å². The van der Waals surface area contributed by atoms with Crippen LogP contribution < -0.4 is 5.32 Å². The Hall–Kier alpha value is -1.32. The number of amides is 1. The molecule has 2 aromatic rings. The normalized spacial score (nSPS) is 18.8. The van der Waals surface area contributed by atoms with E-state index in [-0.39, 0.29) is 17.9 Å². The molecule has 0 saturated carbocycles. The fourth-order valence-electron chi connectivity index (χ4n) is 2.93. The zero-order valence-corrected chi connectivity index (χ0v) is 13.3. The Kier molecular flexibility index (Phi) is 4.61. The molecule has 0 aliphatic heterocycles. The molecule has 1 aromatic carbocycles. The van der Waals surface area contributed by atoms with Gasteiger partial charge in [0, 0.05) is 10.8 Å². The smallest absolute Gasteiger partial charge is 0.228 e. The van der Waals surface area contributed by atoms with Gasteiger partial charge in [-0.15, -0.1) is 22.9 Å². The number of alkyl halides is 1. The van der Waals surface area contributed by atoms with Gasteiger partial charge in [-0.3, -0.25) is 4.79 Å². The first-order valence-corrected chi connectivity index (χ1v) is 8.68. The first kappa shape index (κ1) is 14.6. The summed E-state index contributed by atoms with van der Waals surface area (Å²) >= 11 is 7.81. The van der Waals surface area contributed by atoms with Crippen molar-refractivity contribution < 1.29 is 4.79 Å². The average Bonchev–Trinajstić information content (AvgIpc) is 3.01. The molecule has 1 aliphatic rings. The Morgan fingerprint density at radius 2 is 2.14 bits per heavy atom. The first-order valence-electron chi connectivity index (χ1n) is 7.27. The summed E-state index contributed by atoms with van der Waals surface area (Å²) in [5.41, 5.74) is 2.27. The minimum absolute atomic E-state index is 0.0190. The Morgan fingerprint density at radius 3 is 2.90 bits per heavy atom. The highest BCUT2D eigenvalue weighted by atomic mass is 35.5. The minimum atomic E-state index is -0.121. The van der Waals surface area contributed by atoms with Gasteiger partial charge in [0.05, 0.1) is 12.0 Å². The number of fused-ring (bicyclic) bond motifs is 1. The van der Waals surface area contributed by atoms with Crippen LogP contribution in [-0.2, 0) is 11.2 Å². The van der Waals surface area contributed by atoms with E-state index in [0.29, 0.717) is 5.88 Å². The molecule has 2 nitrogen and oxygen atoms in total. The van der Waals surface area contributed by atoms with Crippen molar-refractivity contribution in [3.63, 3.8) is 0 Å². The molecule has 0 spiro atoms. The second-order valence-corrected chi connectivity index (χ2v) is 6.68. The molecule has 0 bridgehead atoms. The molecular formula is C17H18ClNOS. The molecule has 1 aromatic heterocycles. The average molecular weight is 320 g/mol. The van der Waals surface area contributed by atoms with Crippen molar-refractivity contribution in [2.45, 2.75) is 31.2 Å². The van der Waals surface area contributed by atoms with E-state index in [9.17, 15) is 4.79 Å². The number of aryl methyl sites for hydroxylation is 1. The molecule has 2 atom stereocenters. The monoisotopic (exact) mass is 319 g/mol. The maximum atomic E-state index is 12.6. The number of hydrogen-bond donors (Lipinski definition) is 1. The summed E-state index contributed by atoms with van der Waals surface area (Å²) in [5.74, 6) is 0.470. The van der Waals surface area contributed by atoms with E-state index in [1.807, 2.05) is 30.3 Å². The van der Waals surface area contributed by atoms with Gasteiger partial charge in [-0.05, 0) is 41.8 Å². The number of rotatable bonds is 4. The Balaban J connectivity index is 1.75. The van der Waals surface area contributed by atoms with Gasteiger partial charge in [-0.1, -0.05) is 30.3 Å². The Labute approximate surface area is 134 Å². The predicted octanol–water partition coefficient (Wildman–Crippen LogP) is 4.26. The highest BCUT2D eigenvalue weighted by molar-refractivity contribution is 7.10. The summed E-state index contributed by atoms with van der Waals surface area (Å²) in [6.45, 7) is 0. The van der Waals surface area contributed by atoms with Crippen LogP contribution in [0, 0.1) is 0 Å². The zero-order chi connectivity index (χ0) is 14.7. The van der Waals surface area contributed by atoms with E-state index in [1.165, 1.54) is 10.4 Å². The lowest BCUT2D eigenvalue weighted by Crippen LogP contribution is -2.34. The summed E-state index contributed by atoms with van der Waals surface area (Å²) in [6.07, 6.45) is 3.12. The van der Waals surface area contributed by atoms with E-state index in [2.05, 4.69) is 16.8 Å². The van der Waals surface area contributed by atoms with Crippen LogP contribution in [0.1, 0.15) is 40.8 Å². The lowest BCUT2D eigenvalue weighted by molar-refractivity contribution is -0.123. The molecule has 110 valence electrons. The van der Waals surface area contributed by atoms with Gasteiger partial charge in [0.2, 0.25) is 5.91 Å². The highest BCUT2D eigenvalue weighted by Crippen LogP contribution is 2.35. The zero-order valence-electron chi connectivity index (χ0n) is 11.7. The molecule has 0 saturated heterocycles. The van der Waals surface area contributed by atoms with Crippen molar-refractivity contribution >= 4 is 28.8 Å². The predicted molar refractivity (Wildman–Crippen MR) is 88.0 cm³/mol. The van der Waals surface area contributed by atoms with Crippen molar-refractivity contribution in [2.75, 3.05) is 5.88 Å².